The molecule has 9 heteroatoms. The van der Waals surface area contributed by atoms with E-state index in [1.807, 2.05) is 24.3 Å². The lowest BCUT2D eigenvalue weighted by Crippen LogP contribution is -2.22. The Bertz CT molecular complexity index is 1300. The number of unbranched alkanes of at least 4 members (excludes halogenated alkanes) is 5. The van der Waals surface area contributed by atoms with E-state index in [0.29, 0.717) is 34.4 Å². The first-order valence-corrected chi connectivity index (χ1v) is 16.6. The molecule has 1 aromatic carbocycles. The first kappa shape index (κ1) is 31.1. The summed E-state index contributed by atoms with van der Waals surface area (Å²) >= 11 is 10.0. The zero-order valence-corrected chi connectivity index (χ0v) is 26.4. The summed E-state index contributed by atoms with van der Waals surface area (Å²) < 4.78 is 33.7. The van der Waals surface area contributed by atoms with Crippen molar-refractivity contribution in [3.63, 3.8) is 0 Å². The molecule has 3 aromatic rings. The summed E-state index contributed by atoms with van der Waals surface area (Å²) in [7, 11) is -3.61. The lowest BCUT2D eigenvalue weighted by molar-refractivity contribution is 0.0489. The molecule has 0 spiro atoms. The topological polar surface area (TPSA) is 74.1 Å². The molecule has 0 saturated carbocycles. The Morgan fingerprint density at radius 3 is 2.32 bits per heavy atom. The van der Waals surface area contributed by atoms with Gasteiger partial charge < -0.3 is 4.74 Å². The van der Waals surface area contributed by atoms with Crippen molar-refractivity contribution >= 4 is 48.5 Å². The number of nitrogens with zero attached hydrogens (tertiary/aromatic N) is 3. The summed E-state index contributed by atoms with van der Waals surface area (Å²) in [6.45, 7) is 9.72. The fourth-order valence-corrected chi connectivity index (χ4v) is 6.11. The molecule has 3 rings (SSSR count). The molecule has 0 aliphatic heterocycles. The first-order valence-electron chi connectivity index (χ1n) is 13.5. The highest BCUT2D eigenvalue weighted by Gasteiger charge is 2.25. The van der Waals surface area contributed by atoms with Crippen LogP contribution in [0.25, 0.3) is 22.4 Å². The van der Waals surface area contributed by atoms with Crippen LogP contribution in [0, 0.1) is 11.3 Å². The molecular weight excluding hydrogens is 586 g/mol. The SMILES string of the molecule is CCCCCCCCC(CCOCn1c(S(C)(=O)=O)nc2nc(-c3ccc(Br)cc3)c(Cl)cc21)C(C)(C)C. The third-order valence-corrected chi connectivity index (χ3v) is 8.86. The van der Waals surface area contributed by atoms with Crippen LogP contribution in [0.15, 0.2) is 40.0 Å². The van der Waals surface area contributed by atoms with Gasteiger partial charge in [-0.25, -0.2) is 13.4 Å². The Balaban J connectivity index is 1.73. The summed E-state index contributed by atoms with van der Waals surface area (Å²) in [5.41, 5.74) is 2.43. The molecule has 0 amide bonds. The second kappa shape index (κ2) is 13.7. The molecule has 2 heterocycles. The molecule has 0 aliphatic rings. The van der Waals surface area contributed by atoms with E-state index in [4.69, 9.17) is 16.3 Å². The smallest absolute Gasteiger partial charge is 0.231 e. The molecule has 0 aliphatic carbocycles. The van der Waals surface area contributed by atoms with Gasteiger partial charge >= 0.3 is 0 Å². The fourth-order valence-electron chi connectivity index (χ4n) is 4.79. The van der Waals surface area contributed by atoms with Gasteiger partial charge in [0.1, 0.15) is 6.73 Å². The lowest BCUT2D eigenvalue weighted by atomic mass is 9.76. The zero-order chi connectivity index (χ0) is 27.9. The largest absolute Gasteiger partial charge is 0.361 e. The van der Waals surface area contributed by atoms with E-state index in [0.717, 1.165) is 22.7 Å². The number of hydrogen-bond acceptors (Lipinski definition) is 5. The Hall–Kier alpha value is -1.48. The molecule has 6 nitrogen and oxygen atoms in total. The van der Waals surface area contributed by atoms with Gasteiger partial charge in [-0.1, -0.05) is 106 Å². The number of sulfone groups is 1. The highest BCUT2D eigenvalue weighted by Crippen LogP contribution is 2.34. The minimum absolute atomic E-state index is 0.0662. The lowest BCUT2D eigenvalue weighted by Gasteiger charge is -2.31. The van der Waals surface area contributed by atoms with Gasteiger partial charge in [-0.15, -0.1) is 0 Å². The van der Waals surface area contributed by atoms with Crippen molar-refractivity contribution < 1.29 is 13.2 Å². The van der Waals surface area contributed by atoms with Crippen LogP contribution in [-0.4, -0.2) is 35.8 Å². The number of ether oxygens (including phenoxy) is 1. The molecule has 0 radical (unpaired) electrons. The van der Waals surface area contributed by atoms with Gasteiger partial charge in [-0.05, 0) is 42.4 Å². The van der Waals surface area contributed by atoms with Gasteiger partial charge in [0.2, 0.25) is 15.0 Å². The van der Waals surface area contributed by atoms with Crippen LogP contribution in [0.5, 0.6) is 0 Å². The van der Waals surface area contributed by atoms with E-state index in [-0.39, 0.29) is 17.3 Å². The maximum atomic E-state index is 12.6. The molecule has 0 bridgehead atoms. The molecule has 0 fully saturated rings. The third kappa shape index (κ3) is 8.51. The molecule has 0 N–H and O–H groups in total. The van der Waals surface area contributed by atoms with Gasteiger partial charge in [-0.2, -0.15) is 4.98 Å². The summed E-state index contributed by atoms with van der Waals surface area (Å²) in [5.74, 6) is 0.534. The number of imidazole rings is 1. The first-order chi connectivity index (χ1) is 17.9. The number of halogens is 2. The van der Waals surface area contributed by atoms with Crippen molar-refractivity contribution in [1.29, 1.82) is 0 Å². The highest BCUT2D eigenvalue weighted by molar-refractivity contribution is 9.10. The van der Waals surface area contributed by atoms with Crippen molar-refractivity contribution in [1.82, 2.24) is 14.5 Å². The van der Waals surface area contributed by atoms with Crippen molar-refractivity contribution in [2.75, 3.05) is 12.9 Å². The molecule has 0 saturated heterocycles. The van der Waals surface area contributed by atoms with Crippen molar-refractivity contribution in [3.8, 4) is 11.3 Å². The van der Waals surface area contributed by atoms with Crippen molar-refractivity contribution in [3.05, 3.63) is 39.8 Å². The van der Waals surface area contributed by atoms with Gasteiger partial charge in [0, 0.05) is 22.9 Å². The Morgan fingerprint density at radius 2 is 1.68 bits per heavy atom. The number of aromatic nitrogens is 3. The standard InChI is InChI=1S/C29H41BrClN3O3S/c1-6-7-8-9-10-11-12-22(29(2,3)4)17-18-37-20-34-25-19-24(31)26(21-13-15-23(30)16-14-21)32-27(25)33-28(34)38(5,35)36/h13-16,19,22H,6-12,17-18,20H2,1-5H3. The normalized spacial score (nSPS) is 13.3. The van der Waals surface area contributed by atoms with E-state index in [9.17, 15) is 8.42 Å². The fraction of sp³-hybridized carbons (Fsp3) is 0.586. The van der Waals surface area contributed by atoms with E-state index < -0.39 is 9.84 Å². The van der Waals surface area contributed by atoms with E-state index in [1.165, 1.54) is 44.9 Å². The highest BCUT2D eigenvalue weighted by atomic mass is 79.9. The molecule has 210 valence electrons. The maximum absolute atomic E-state index is 12.6. The van der Waals surface area contributed by atoms with Crippen LogP contribution in [0.2, 0.25) is 5.02 Å². The Kier molecular flexibility index (Phi) is 11.2. The molecule has 1 unspecified atom stereocenters. The molecule has 1 atom stereocenters. The molecule has 38 heavy (non-hydrogen) atoms. The second-order valence-corrected chi connectivity index (χ2v) is 14.4. The predicted molar refractivity (Wildman–Crippen MR) is 160 cm³/mol. The van der Waals surface area contributed by atoms with E-state index in [2.05, 4.69) is 53.6 Å². The van der Waals surface area contributed by atoms with Crippen molar-refractivity contribution in [2.24, 2.45) is 11.3 Å². The van der Waals surface area contributed by atoms with E-state index in [1.54, 1.807) is 10.6 Å². The predicted octanol–water partition coefficient (Wildman–Crippen LogP) is 8.69. The van der Waals surface area contributed by atoms with Crippen LogP contribution in [0.4, 0.5) is 0 Å². The maximum Gasteiger partial charge on any atom is 0.231 e. The summed E-state index contributed by atoms with van der Waals surface area (Å²) in [4.78, 5) is 8.99. The van der Waals surface area contributed by atoms with Gasteiger partial charge in [0.25, 0.3) is 0 Å². The number of benzene rings is 1. The minimum Gasteiger partial charge on any atom is -0.361 e. The number of rotatable bonds is 14. The van der Waals surface area contributed by atoms with Gasteiger partial charge in [-0.3, -0.25) is 4.57 Å². The minimum atomic E-state index is -3.61. The van der Waals surface area contributed by atoms with Crippen molar-refractivity contribution in [2.45, 2.75) is 90.9 Å². The second-order valence-electron chi connectivity index (χ2n) is 11.2. The monoisotopic (exact) mass is 625 g/mol. The summed E-state index contributed by atoms with van der Waals surface area (Å²) in [6, 6.07) is 9.34. The number of hydrogen-bond donors (Lipinski definition) is 0. The van der Waals surface area contributed by atoms with Crippen LogP contribution >= 0.6 is 27.5 Å². The number of pyridine rings is 1. The Morgan fingerprint density at radius 1 is 1.03 bits per heavy atom. The third-order valence-electron chi connectivity index (χ3n) is 7.07. The summed E-state index contributed by atoms with van der Waals surface area (Å²) in [6.07, 6.45) is 11.0. The average Bonchev–Trinajstić information content (AvgIpc) is 3.19. The quantitative estimate of drug-likeness (QED) is 0.167. The van der Waals surface area contributed by atoms with E-state index >= 15 is 0 Å². The molecule has 2 aromatic heterocycles. The zero-order valence-electron chi connectivity index (χ0n) is 23.3. The Labute approximate surface area is 241 Å². The average molecular weight is 627 g/mol. The van der Waals surface area contributed by atoms with Crippen LogP contribution in [-0.2, 0) is 21.3 Å². The van der Waals surface area contributed by atoms with Crippen LogP contribution < -0.4 is 0 Å². The summed E-state index contributed by atoms with van der Waals surface area (Å²) in [5, 5.41) is 0.358. The molecular formula is C29H41BrClN3O3S. The van der Waals surface area contributed by atoms with Gasteiger partial charge in [0.15, 0.2) is 5.65 Å². The van der Waals surface area contributed by atoms with Crippen LogP contribution in [0.1, 0.15) is 79.1 Å². The van der Waals surface area contributed by atoms with Gasteiger partial charge in [0.05, 0.1) is 16.2 Å². The number of fused-ring (bicyclic) bond motifs is 1. The van der Waals surface area contributed by atoms with Crippen LogP contribution in [0.3, 0.4) is 0 Å².